The first-order valence-corrected chi connectivity index (χ1v) is 5.57. The average molecular weight is 276 g/mol. The molecule has 1 aromatic rings. The van der Waals surface area contributed by atoms with Crippen LogP contribution in [0.2, 0.25) is 0 Å². The van der Waals surface area contributed by atoms with E-state index in [1.54, 1.807) is 0 Å². The molecule has 1 aliphatic heterocycles. The molecule has 4 nitrogen and oxygen atoms in total. The topological polar surface area (TPSA) is 55.8 Å². The van der Waals surface area contributed by atoms with Crippen LogP contribution in [-0.4, -0.2) is 30.4 Å². The second kappa shape index (κ2) is 5.08. The summed E-state index contributed by atoms with van der Waals surface area (Å²) in [5, 5.41) is 8.83. The monoisotopic (exact) mass is 276 g/mol. The summed E-state index contributed by atoms with van der Waals surface area (Å²) >= 11 is 0. The summed E-state index contributed by atoms with van der Waals surface area (Å²) < 4.78 is 48.3. The highest BCUT2D eigenvalue weighted by Gasteiger charge is 2.35. The van der Waals surface area contributed by atoms with Crippen LogP contribution >= 0.6 is 0 Å². The molecular weight excluding hydrogens is 265 g/mol. The van der Waals surface area contributed by atoms with E-state index in [1.165, 1.54) is 0 Å². The van der Waals surface area contributed by atoms with Gasteiger partial charge in [0.25, 0.3) is 0 Å². The predicted molar refractivity (Wildman–Crippen MR) is 58.3 cm³/mol. The van der Waals surface area contributed by atoms with Crippen molar-refractivity contribution in [3.8, 4) is 5.75 Å². The lowest BCUT2D eigenvalue weighted by Gasteiger charge is -2.15. The van der Waals surface area contributed by atoms with Gasteiger partial charge in [0.15, 0.2) is 0 Å². The van der Waals surface area contributed by atoms with Crippen molar-refractivity contribution in [2.45, 2.75) is 18.7 Å². The molecular formula is C12H11F3O4. The molecule has 0 aromatic heterocycles. The van der Waals surface area contributed by atoms with Gasteiger partial charge in [0.1, 0.15) is 11.9 Å². The second-order valence-electron chi connectivity index (χ2n) is 4.11. The van der Waals surface area contributed by atoms with Crippen molar-refractivity contribution in [1.29, 1.82) is 0 Å². The molecule has 0 aliphatic carbocycles. The Kier molecular flexibility index (Phi) is 3.66. The highest BCUT2D eigenvalue weighted by atomic mass is 19.4. The van der Waals surface area contributed by atoms with E-state index >= 15 is 0 Å². The molecule has 1 unspecified atom stereocenters. The van der Waals surface area contributed by atoms with Crippen LogP contribution in [0.15, 0.2) is 18.2 Å². The molecule has 0 amide bonds. The maximum Gasteiger partial charge on any atom is 0.417 e. The summed E-state index contributed by atoms with van der Waals surface area (Å²) in [6.45, 7) is 0.876. The van der Waals surface area contributed by atoms with Gasteiger partial charge in [-0.05, 0) is 18.2 Å². The molecule has 2 rings (SSSR count). The summed E-state index contributed by atoms with van der Waals surface area (Å²) in [5.74, 6) is -1.54. The van der Waals surface area contributed by atoms with Crippen LogP contribution in [0.4, 0.5) is 13.2 Å². The van der Waals surface area contributed by atoms with Crippen molar-refractivity contribution < 1.29 is 32.5 Å². The van der Waals surface area contributed by atoms with Gasteiger partial charge in [-0.15, -0.1) is 0 Å². The average Bonchev–Trinajstić information content (AvgIpc) is 2.80. The Bertz CT molecular complexity index is 478. The van der Waals surface area contributed by atoms with Gasteiger partial charge < -0.3 is 14.6 Å². The zero-order valence-electron chi connectivity index (χ0n) is 9.74. The number of carboxylic acids is 1. The first-order valence-electron chi connectivity index (χ1n) is 5.57. The first-order chi connectivity index (χ1) is 8.88. The van der Waals surface area contributed by atoms with Crippen LogP contribution in [0.5, 0.6) is 5.75 Å². The van der Waals surface area contributed by atoms with Crippen molar-refractivity contribution in [3.63, 3.8) is 0 Å². The Balaban J connectivity index is 2.28. The van der Waals surface area contributed by atoms with E-state index < -0.39 is 23.3 Å². The number of hydrogen-bond acceptors (Lipinski definition) is 3. The van der Waals surface area contributed by atoms with E-state index in [-0.39, 0.29) is 11.9 Å². The number of rotatable bonds is 3. The number of aromatic carboxylic acids is 1. The lowest BCUT2D eigenvalue weighted by molar-refractivity contribution is -0.138. The number of hydrogen-bond donors (Lipinski definition) is 1. The van der Waals surface area contributed by atoms with Gasteiger partial charge in [-0.3, -0.25) is 0 Å². The van der Waals surface area contributed by atoms with E-state index in [0.717, 1.165) is 12.1 Å². The Morgan fingerprint density at radius 1 is 1.42 bits per heavy atom. The van der Waals surface area contributed by atoms with Crippen molar-refractivity contribution in [2.75, 3.05) is 13.2 Å². The van der Waals surface area contributed by atoms with Crippen LogP contribution in [-0.2, 0) is 10.9 Å². The summed E-state index contributed by atoms with van der Waals surface area (Å²) in [6, 6.07) is 2.73. The molecule has 7 heteroatoms. The minimum absolute atomic E-state index is 0.0981. The molecule has 1 heterocycles. The summed E-state index contributed by atoms with van der Waals surface area (Å²) in [5.41, 5.74) is -2.00. The lowest BCUT2D eigenvalue weighted by Crippen LogP contribution is -2.17. The van der Waals surface area contributed by atoms with Gasteiger partial charge in [0.05, 0.1) is 24.3 Å². The molecule has 104 valence electrons. The summed E-state index contributed by atoms with van der Waals surface area (Å²) in [6.07, 6.45) is -4.33. The van der Waals surface area contributed by atoms with Gasteiger partial charge in [0, 0.05) is 6.42 Å². The molecule has 0 radical (unpaired) electrons. The molecule has 1 aromatic carbocycles. The van der Waals surface area contributed by atoms with E-state index in [0.29, 0.717) is 25.7 Å². The van der Waals surface area contributed by atoms with E-state index in [1.807, 2.05) is 0 Å². The Morgan fingerprint density at radius 3 is 2.68 bits per heavy atom. The number of ether oxygens (including phenoxy) is 2. The second-order valence-corrected chi connectivity index (χ2v) is 4.11. The lowest BCUT2D eigenvalue weighted by atomic mass is 10.1. The SMILES string of the molecule is O=C(O)c1cc(OC2CCOC2)ccc1C(F)(F)F. The number of carboxylic acid groups (broad SMARTS) is 1. The highest BCUT2D eigenvalue weighted by Crippen LogP contribution is 2.34. The Morgan fingerprint density at radius 2 is 2.16 bits per heavy atom. The van der Waals surface area contributed by atoms with Crippen molar-refractivity contribution in [2.24, 2.45) is 0 Å². The fourth-order valence-corrected chi connectivity index (χ4v) is 1.82. The molecule has 1 N–H and O–H groups in total. The molecule has 0 bridgehead atoms. The van der Waals surface area contributed by atoms with Gasteiger partial charge in [-0.1, -0.05) is 0 Å². The maximum atomic E-state index is 12.6. The zero-order chi connectivity index (χ0) is 14.0. The number of carbonyl (C=O) groups is 1. The van der Waals surface area contributed by atoms with Crippen LogP contribution in [0.3, 0.4) is 0 Å². The molecule has 0 saturated carbocycles. The predicted octanol–water partition coefficient (Wildman–Crippen LogP) is 2.57. The summed E-state index contributed by atoms with van der Waals surface area (Å²) in [4.78, 5) is 10.9. The van der Waals surface area contributed by atoms with E-state index in [9.17, 15) is 18.0 Å². The number of benzene rings is 1. The van der Waals surface area contributed by atoms with Crippen molar-refractivity contribution in [1.82, 2.24) is 0 Å². The Hall–Kier alpha value is -1.76. The quantitative estimate of drug-likeness (QED) is 0.921. The molecule has 1 aliphatic rings. The van der Waals surface area contributed by atoms with Crippen molar-refractivity contribution >= 4 is 5.97 Å². The van der Waals surface area contributed by atoms with Gasteiger partial charge in [-0.25, -0.2) is 4.79 Å². The fraction of sp³-hybridized carbons (Fsp3) is 0.417. The molecule has 19 heavy (non-hydrogen) atoms. The molecule has 1 atom stereocenters. The van der Waals surface area contributed by atoms with Crippen LogP contribution in [0, 0.1) is 0 Å². The standard InChI is InChI=1S/C12H11F3O4/c13-12(14,15)10-2-1-7(5-9(10)11(16)17)19-8-3-4-18-6-8/h1-2,5,8H,3-4,6H2,(H,16,17). The third-order valence-electron chi connectivity index (χ3n) is 2.72. The van der Waals surface area contributed by atoms with Crippen LogP contribution in [0.1, 0.15) is 22.3 Å². The van der Waals surface area contributed by atoms with Crippen LogP contribution in [0.25, 0.3) is 0 Å². The number of alkyl halides is 3. The third kappa shape index (κ3) is 3.17. The smallest absolute Gasteiger partial charge is 0.417 e. The molecule has 0 spiro atoms. The highest BCUT2D eigenvalue weighted by molar-refractivity contribution is 5.90. The third-order valence-corrected chi connectivity index (χ3v) is 2.72. The van der Waals surface area contributed by atoms with Gasteiger partial charge >= 0.3 is 12.1 Å². The van der Waals surface area contributed by atoms with E-state index in [4.69, 9.17) is 14.6 Å². The fourth-order valence-electron chi connectivity index (χ4n) is 1.82. The zero-order valence-corrected chi connectivity index (χ0v) is 9.74. The minimum atomic E-state index is -4.71. The van der Waals surface area contributed by atoms with Crippen LogP contribution < -0.4 is 4.74 Å². The number of halogens is 3. The normalized spacial score (nSPS) is 19.4. The molecule has 1 saturated heterocycles. The Labute approximate surface area is 106 Å². The minimum Gasteiger partial charge on any atom is -0.488 e. The molecule has 1 fully saturated rings. The van der Waals surface area contributed by atoms with Crippen molar-refractivity contribution in [3.05, 3.63) is 29.3 Å². The summed E-state index contributed by atoms with van der Waals surface area (Å²) in [7, 11) is 0. The largest absolute Gasteiger partial charge is 0.488 e. The maximum absolute atomic E-state index is 12.6. The van der Waals surface area contributed by atoms with Gasteiger partial charge in [-0.2, -0.15) is 13.2 Å². The van der Waals surface area contributed by atoms with Gasteiger partial charge in [0.2, 0.25) is 0 Å². The van der Waals surface area contributed by atoms with E-state index in [2.05, 4.69) is 0 Å². The first kappa shape index (κ1) is 13.7.